The van der Waals surface area contributed by atoms with Gasteiger partial charge in [0.05, 0.1) is 17.4 Å². The Kier molecular flexibility index (Phi) is 3.74. The number of nitrogens with one attached hydrogen (secondary N) is 1. The molecular weight excluding hydrogens is 228 g/mol. The lowest BCUT2D eigenvalue weighted by Gasteiger charge is -2.05. The molecule has 0 saturated carbocycles. The smallest absolute Gasteiger partial charge is 0.251 e. The number of benzene rings is 1. The van der Waals surface area contributed by atoms with Crippen LogP contribution in [-0.2, 0) is 6.54 Å². The van der Waals surface area contributed by atoms with Crippen LogP contribution in [0, 0.1) is 0 Å². The third-order valence-corrected chi connectivity index (χ3v) is 2.62. The summed E-state index contributed by atoms with van der Waals surface area (Å²) in [5, 5.41) is 7.39. The highest BCUT2D eigenvalue weighted by Crippen LogP contribution is 2.11. The SMILES string of the molecule is CCNCc1cccc(-n2cc(C(N)=O)cn2)c1. The zero-order valence-corrected chi connectivity index (χ0v) is 10.3. The van der Waals surface area contributed by atoms with E-state index in [0.717, 1.165) is 18.8 Å². The van der Waals surface area contributed by atoms with Crippen LogP contribution < -0.4 is 11.1 Å². The number of nitrogens with two attached hydrogens (primary N) is 1. The number of amides is 1. The molecule has 1 aromatic heterocycles. The third kappa shape index (κ3) is 2.75. The van der Waals surface area contributed by atoms with Crippen LogP contribution in [0.3, 0.4) is 0 Å². The first-order valence-electron chi connectivity index (χ1n) is 5.85. The topological polar surface area (TPSA) is 72.9 Å². The van der Waals surface area contributed by atoms with Crippen molar-refractivity contribution in [2.45, 2.75) is 13.5 Å². The van der Waals surface area contributed by atoms with Crippen LogP contribution in [0.25, 0.3) is 5.69 Å². The Morgan fingerprint density at radius 2 is 2.33 bits per heavy atom. The molecule has 18 heavy (non-hydrogen) atoms. The average molecular weight is 244 g/mol. The van der Waals surface area contributed by atoms with Gasteiger partial charge < -0.3 is 11.1 Å². The Morgan fingerprint density at radius 3 is 3.00 bits per heavy atom. The molecule has 0 aliphatic rings. The fourth-order valence-electron chi connectivity index (χ4n) is 1.67. The van der Waals surface area contributed by atoms with Crippen LogP contribution in [-0.4, -0.2) is 22.2 Å². The van der Waals surface area contributed by atoms with Gasteiger partial charge in [-0.15, -0.1) is 0 Å². The Hall–Kier alpha value is -2.14. The van der Waals surface area contributed by atoms with Gasteiger partial charge in [-0.25, -0.2) is 4.68 Å². The minimum atomic E-state index is -0.468. The van der Waals surface area contributed by atoms with Crippen LogP contribution in [0.1, 0.15) is 22.8 Å². The Labute approximate surface area is 106 Å². The molecule has 3 N–H and O–H groups in total. The lowest BCUT2D eigenvalue weighted by Crippen LogP contribution is -2.12. The molecule has 0 bridgehead atoms. The molecule has 5 nitrogen and oxygen atoms in total. The number of rotatable bonds is 5. The van der Waals surface area contributed by atoms with Gasteiger partial charge in [0.25, 0.3) is 5.91 Å². The van der Waals surface area contributed by atoms with E-state index in [-0.39, 0.29) is 0 Å². The highest BCUT2D eigenvalue weighted by molar-refractivity contribution is 5.92. The van der Waals surface area contributed by atoms with Crippen LogP contribution in [0.2, 0.25) is 0 Å². The number of primary amides is 1. The maximum atomic E-state index is 11.0. The molecule has 1 amide bonds. The summed E-state index contributed by atoms with van der Waals surface area (Å²) in [6.07, 6.45) is 3.11. The van der Waals surface area contributed by atoms with E-state index in [2.05, 4.69) is 17.3 Å². The van der Waals surface area contributed by atoms with E-state index >= 15 is 0 Å². The maximum Gasteiger partial charge on any atom is 0.251 e. The zero-order valence-electron chi connectivity index (χ0n) is 10.3. The number of hydrogen-bond donors (Lipinski definition) is 2. The maximum absolute atomic E-state index is 11.0. The average Bonchev–Trinajstić information content (AvgIpc) is 2.86. The molecule has 0 saturated heterocycles. The number of nitrogens with zero attached hydrogens (tertiary/aromatic N) is 2. The van der Waals surface area contributed by atoms with E-state index < -0.39 is 5.91 Å². The summed E-state index contributed by atoms with van der Waals surface area (Å²) >= 11 is 0. The van der Waals surface area contributed by atoms with Crippen LogP contribution >= 0.6 is 0 Å². The standard InChI is InChI=1S/C13H16N4O/c1-2-15-7-10-4-3-5-12(6-10)17-9-11(8-16-17)13(14)18/h3-6,8-9,15H,2,7H2,1H3,(H2,14,18). The normalized spacial score (nSPS) is 10.5. The van der Waals surface area contributed by atoms with Crippen molar-refractivity contribution in [3.05, 3.63) is 47.8 Å². The lowest BCUT2D eigenvalue weighted by atomic mass is 10.2. The first-order chi connectivity index (χ1) is 8.70. The van der Waals surface area contributed by atoms with E-state index in [1.165, 1.54) is 11.8 Å². The number of carbonyl (C=O) groups excluding carboxylic acids is 1. The van der Waals surface area contributed by atoms with Crippen molar-refractivity contribution in [3.8, 4) is 5.69 Å². The molecule has 0 fully saturated rings. The summed E-state index contributed by atoms with van der Waals surface area (Å²) in [5.74, 6) is -0.468. The molecule has 2 rings (SSSR count). The van der Waals surface area contributed by atoms with Gasteiger partial charge in [-0.3, -0.25) is 4.79 Å². The summed E-state index contributed by atoms with van der Waals surface area (Å²) < 4.78 is 1.65. The molecule has 0 unspecified atom stereocenters. The second-order valence-electron chi connectivity index (χ2n) is 3.99. The number of carbonyl (C=O) groups is 1. The predicted molar refractivity (Wildman–Crippen MR) is 69.5 cm³/mol. The fraction of sp³-hybridized carbons (Fsp3) is 0.231. The van der Waals surface area contributed by atoms with Crippen molar-refractivity contribution < 1.29 is 4.79 Å². The minimum Gasteiger partial charge on any atom is -0.366 e. The van der Waals surface area contributed by atoms with Crippen molar-refractivity contribution in [2.75, 3.05) is 6.54 Å². The summed E-state index contributed by atoms with van der Waals surface area (Å²) in [6, 6.07) is 7.98. The van der Waals surface area contributed by atoms with E-state index in [4.69, 9.17) is 5.73 Å². The van der Waals surface area contributed by atoms with E-state index in [9.17, 15) is 4.79 Å². The molecule has 0 spiro atoms. The van der Waals surface area contributed by atoms with Gasteiger partial charge >= 0.3 is 0 Å². The summed E-state index contributed by atoms with van der Waals surface area (Å²) in [4.78, 5) is 11.0. The molecule has 0 aliphatic carbocycles. The number of hydrogen-bond acceptors (Lipinski definition) is 3. The highest BCUT2D eigenvalue weighted by Gasteiger charge is 2.05. The lowest BCUT2D eigenvalue weighted by molar-refractivity contribution is 0.100. The molecule has 0 atom stereocenters. The molecular formula is C13H16N4O. The van der Waals surface area contributed by atoms with Gasteiger partial charge in [-0.05, 0) is 24.2 Å². The van der Waals surface area contributed by atoms with Crippen molar-refractivity contribution in [2.24, 2.45) is 5.73 Å². The van der Waals surface area contributed by atoms with Gasteiger partial charge in [0.15, 0.2) is 0 Å². The minimum absolute atomic E-state index is 0.409. The molecule has 5 heteroatoms. The van der Waals surface area contributed by atoms with Crippen molar-refractivity contribution in [3.63, 3.8) is 0 Å². The second-order valence-corrected chi connectivity index (χ2v) is 3.99. The highest BCUT2D eigenvalue weighted by atomic mass is 16.1. The summed E-state index contributed by atoms with van der Waals surface area (Å²) in [7, 11) is 0. The van der Waals surface area contributed by atoms with Gasteiger partial charge in [-0.2, -0.15) is 5.10 Å². The second kappa shape index (κ2) is 5.46. The Bertz CT molecular complexity index is 547. The Balaban J connectivity index is 2.23. The predicted octanol–water partition coefficient (Wildman–Crippen LogP) is 1.08. The summed E-state index contributed by atoms with van der Waals surface area (Å²) in [5.41, 5.74) is 7.69. The third-order valence-electron chi connectivity index (χ3n) is 2.62. The molecule has 1 aromatic carbocycles. The van der Waals surface area contributed by atoms with Gasteiger partial charge in [0.1, 0.15) is 0 Å². The largest absolute Gasteiger partial charge is 0.366 e. The van der Waals surface area contributed by atoms with Crippen molar-refractivity contribution in [1.29, 1.82) is 0 Å². The molecule has 2 aromatic rings. The van der Waals surface area contributed by atoms with E-state index in [1.807, 2.05) is 24.3 Å². The van der Waals surface area contributed by atoms with Crippen molar-refractivity contribution in [1.82, 2.24) is 15.1 Å². The first kappa shape index (κ1) is 12.3. The van der Waals surface area contributed by atoms with E-state index in [1.54, 1.807) is 10.9 Å². The van der Waals surface area contributed by atoms with Gasteiger partial charge in [0, 0.05) is 12.7 Å². The van der Waals surface area contributed by atoms with E-state index in [0.29, 0.717) is 5.56 Å². The van der Waals surface area contributed by atoms with Gasteiger partial charge in [0.2, 0.25) is 0 Å². The van der Waals surface area contributed by atoms with Gasteiger partial charge in [-0.1, -0.05) is 19.1 Å². The zero-order chi connectivity index (χ0) is 13.0. The van der Waals surface area contributed by atoms with Crippen LogP contribution in [0.4, 0.5) is 0 Å². The fourth-order valence-corrected chi connectivity index (χ4v) is 1.67. The van der Waals surface area contributed by atoms with Crippen LogP contribution in [0.15, 0.2) is 36.7 Å². The van der Waals surface area contributed by atoms with Crippen molar-refractivity contribution >= 4 is 5.91 Å². The molecule has 0 radical (unpaired) electrons. The molecule has 1 heterocycles. The monoisotopic (exact) mass is 244 g/mol. The quantitative estimate of drug-likeness (QED) is 0.826. The summed E-state index contributed by atoms with van der Waals surface area (Å²) in [6.45, 7) is 3.81. The van der Waals surface area contributed by atoms with Crippen LogP contribution in [0.5, 0.6) is 0 Å². The number of aromatic nitrogens is 2. The first-order valence-corrected chi connectivity index (χ1v) is 5.85. The Morgan fingerprint density at radius 1 is 1.50 bits per heavy atom. The molecule has 94 valence electrons. The molecule has 0 aliphatic heterocycles.